The molecule has 0 saturated carbocycles. The molecule has 0 aliphatic carbocycles. The molecule has 2 aromatic rings. The number of likely N-dealkylation sites (tertiary alicyclic amines) is 1. The van der Waals surface area contributed by atoms with Gasteiger partial charge in [-0.1, -0.05) is 0 Å². The fourth-order valence-electron chi connectivity index (χ4n) is 3.38. The summed E-state index contributed by atoms with van der Waals surface area (Å²) >= 11 is 1.63. The van der Waals surface area contributed by atoms with Crippen molar-refractivity contribution in [2.24, 2.45) is 0 Å². The Bertz CT molecular complexity index is 728. The van der Waals surface area contributed by atoms with E-state index in [1.807, 2.05) is 34.8 Å². The topological polar surface area (TPSA) is 64.6 Å². The van der Waals surface area contributed by atoms with Crippen LogP contribution < -0.4 is 0 Å². The summed E-state index contributed by atoms with van der Waals surface area (Å²) in [6.45, 7) is 5.10. The smallest absolute Gasteiger partial charge is 0.227 e. The van der Waals surface area contributed by atoms with Crippen LogP contribution in [-0.2, 0) is 27.3 Å². The number of aromatic nitrogens is 2. The molecule has 1 fully saturated rings. The zero-order valence-corrected chi connectivity index (χ0v) is 16.8. The summed E-state index contributed by atoms with van der Waals surface area (Å²) < 4.78 is 10.7. The Hall–Kier alpha value is -1.83. The van der Waals surface area contributed by atoms with E-state index in [0.717, 1.165) is 48.6 Å². The lowest BCUT2D eigenvalue weighted by Gasteiger charge is -2.32. The molecule has 1 amide bonds. The number of rotatable bonds is 8. The van der Waals surface area contributed by atoms with E-state index >= 15 is 0 Å². The van der Waals surface area contributed by atoms with Gasteiger partial charge >= 0.3 is 0 Å². The van der Waals surface area contributed by atoms with E-state index in [1.165, 1.54) is 0 Å². The van der Waals surface area contributed by atoms with E-state index in [0.29, 0.717) is 32.2 Å². The number of nitrogens with zero attached hydrogens (tertiary/aromatic N) is 3. The maximum atomic E-state index is 12.5. The number of methoxy groups -OCH3 is 1. The van der Waals surface area contributed by atoms with Crippen molar-refractivity contribution in [2.75, 3.05) is 33.4 Å². The second-order valence-electron chi connectivity index (χ2n) is 6.84. The van der Waals surface area contributed by atoms with Gasteiger partial charge < -0.3 is 14.4 Å². The summed E-state index contributed by atoms with van der Waals surface area (Å²) in [5.74, 6) is 1.34. The SMILES string of the molecule is COCCOCc1cnc(C)nc1C1CCN(C(=O)Cc2ccsc2)CC1. The molecule has 1 aliphatic rings. The van der Waals surface area contributed by atoms with Crippen LogP contribution in [0.4, 0.5) is 0 Å². The van der Waals surface area contributed by atoms with Crippen molar-refractivity contribution in [1.29, 1.82) is 0 Å². The molecule has 7 heteroatoms. The van der Waals surface area contributed by atoms with Crippen molar-refractivity contribution in [1.82, 2.24) is 14.9 Å². The van der Waals surface area contributed by atoms with E-state index in [4.69, 9.17) is 14.5 Å². The van der Waals surface area contributed by atoms with Gasteiger partial charge in [0.15, 0.2) is 0 Å². The van der Waals surface area contributed by atoms with Crippen molar-refractivity contribution in [3.8, 4) is 0 Å². The lowest BCUT2D eigenvalue weighted by Crippen LogP contribution is -2.39. The third-order valence-electron chi connectivity index (χ3n) is 4.88. The number of carbonyl (C=O) groups excluding carboxylic acids is 1. The fourth-order valence-corrected chi connectivity index (χ4v) is 4.05. The summed E-state index contributed by atoms with van der Waals surface area (Å²) in [7, 11) is 1.66. The van der Waals surface area contributed by atoms with E-state index in [-0.39, 0.29) is 5.91 Å². The fraction of sp³-hybridized carbons (Fsp3) is 0.550. The monoisotopic (exact) mass is 389 g/mol. The van der Waals surface area contributed by atoms with E-state index < -0.39 is 0 Å². The maximum absolute atomic E-state index is 12.5. The van der Waals surface area contributed by atoms with Crippen LogP contribution in [0.25, 0.3) is 0 Å². The summed E-state index contributed by atoms with van der Waals surface area (Å²) in [6, 6.07) is 2.02. The standard InChI is InChI=1S/C20H27N3O3S/c1-15-21-12-18(13-26-9-8-25-2)20(22-15)17-3-6-23(7-4-17)19(24)11-16-5-10-27-14-16/h5,10,12,14,17H,3-4,6-9,11,13H2,1-2H3. The van der Waals surface area contributed by atoms with Crippen molar-refractivity contribution >= 4 is 17.2 Å². The summed E-state index contributed by atoms with van der Waals surface area (Å²) in [6.07, 6.45) is 4.23. The quantitative estimate of drug-likeness (QED) is 0.650. The zero-order valence-electron chi connectivity index (χ0n) is 16.0. The second kappa shape index (κ2) is 9.92. The highest BCUT2D eigenvalue weighted by molar-refractivity contribution is 7.08. The molecule has 2 aromatic heterocycles. The normalized spacial score (nSPS) is 15.3. The van der Waals surface area contributed by atoms with Crippen molar-refractivity contribution in [3.05, 3.63) is 45.7 Å². The molecular weight excluding hydrogens is 362 g/mol. The first kappa shape index (κ1) is 19.9. The van der Waals surface area contributed by atoms with Gasteiger partial charge in [0, 0.05) is 37.9 Å². The minimum atomic E-state index is 0.217. The summed E-state index contributed by atoms with van der Waals surface area (Å²) in [4.78, 5) is 23.5. The molecule has 0 spiro atoms. The average Bonchev–Trinajstić information content (AvgIpc) is 3.19. The summed E-state index contributed by atoms with van der Waals surface area (Å²) in [5, 5.41) is 4.06. The minimum absolute atomic E-state index is 0.217. The first-order valence-corrected chi connectivity index (χ1v) is 10.3. The predicted molar refractivity (Wildman–Crippen MR) is 105 cm³/mol. The first-order valence-electron chi connectivity index (χ1n) is 9.35. The summed E-state index contributed by atoms with van der Waals surface area (Å²) in [5.41, 5.74) is 3.22. The number of hydrogen-bond acceptors (Lipinski definition) is 6. The largest absolute Gasteiger partial charge is 0.382 e. The molecule has 0 atom stereocenters. The lowest BCUT2D eigenvalue weighted by atomic mass is 9.90. The van der Waals surface area contributed by atoms with E-state index in [2.05, 4.69) is 4.98 Å². The van der Waals surface area contributed by atoms with Crippen LogP contribution in [0.15, 0.2) is 23.0 Å². The third-order valence-corrected chi connectivity index (χ3v) is 5.61. The Balaban J connectivity index is 1.58. The van der Waals surface area contributed by atoms with Crippen molar-refractivity contribution < 1.29 is 14.3 Å². The molecular formula is C20H27N3O3S. The van der Waals surface area contributed by atoms with Gasteiger partial charge in [-0.3, -0.25) is 4.79 Å². The Labute approximate surface area is 164 Å². The van der Waals surface area contributed by atoms with Crippen LogP contribution >= 0.6 is 11.3 Å². The Morgan fingerprint density at radius 2 is 2.15 bits per heavy atom. The van der Waals surface area contributed by atoms with Gasteiger partial charge in [-0.25, -0.2) is 9.97 Å². The first-order chi connectivity index (χ1) is 13.2. The number of aryl methyl sites for hydroxylation is 1. The highest BCUT2D eigenvalue weighted by Crippen LogP contribution is 2.29. The molecule has 0 aromatic carbocycles. The molecule has 0 N–H and O–H groups in total. The van der Waals surface area contributed by atoms with Crippen LogP contribution in [0.3, 0.4) is 0 Å². The molecule has 0 bridgehead atoms. The van der Waals surface area contributed by atoms with Gasteiger partial charge in [-0.05, 0) is 42.2 Å². The Morgan fingerprint density at radius 3 is 2.85 bits per heavy atom. The lowest BCUT2D eigenvalue weighted by molar-refractivity contribution is -0.131. The highest BCUT2D eigenvalue weighted by Gasteiger charge is 2.26. The molecule has 0 unspecified atom stereocenters. The zero-order chi connectivity index (χ0) is 19.1. The third kappa shape index (κ3) is 5.57. The predicted octanol–water partition coefficient (Wildman–Crippen LogP) is 2.96. The highest BCUT2D eigenvalue weighted by atomic mass is 32.1. The van der Waals surface area contributed by atoms with E-state index in [1.54, 1.807) is 18.4 Å². The van der Waals surface area contributed by atoms with Crippen LogP contribution in [0.5, 0.6) is 0 Å². The van der Waals surface area contributed by atoms with Crippen LogP contribution in [0, 0.1) is 6.92 Å². The Morgan fingerprint density at radius 1 is 1.33 bits per heavy atom. The van der Waals surface area contributed by atoms with Crippen LogP contribution in [0.1, 0.15) is 41.4 Å². The number of amides is 1. The van der Waals surface area contributed by atoms with Gasteiger partial charge in [0.1, 0.15) is 5.82 Å². The second-order valence-corrected chi connectivity index (χ2v) is 7.62. The van der Waals surface area contributed by atoms with Crippen LogP contribution in [-0.4, -0.2) is 54.2 Å². The van der Waals surface area contributed by atoms with Crippen LogP contribution in [0.2, 0.25) is 0 Å². The molecule has 146 valence electrons. The van der Waals surface area contributed by atoms with Crippen molar-refractivity contribution in [2.45, 2.75) is 38.7 Å². The molecule has 1 saturated heterocycles. The molecule has 27 heavy (non-hydrogen) atoms. The van der Waals surface area contributed by atoms with Gasteiger partial charge in [0.25, 0.3) is 0 Å². The van der Waals surface area contributed by atoms with Gasteiger partial charge in [0.05, 0.1) is 31.9 Å². The molecule has 0 radical (unpaired) electrons. The number of thiophene rings is 1. The number of piperidine rings is 1. The van der Waals surface area contributed by atoms with Gasteiger partial charge in [0.2, 0.25) is 5.91 Å². The number of hydrogen-bond donors (Lipinski definition) is 0. The van der Waals surface area contributed by atoms with Gasteiger partial charge in [-0.15, -0.1) is 0 Å². The van der Waals surface area contributed by atoms with E-state index in [9.17, 15) is 4.79 Å². The molecule has 1 aliphatic heterocycles. The van der Waals surface area contributed by atoms with Crippen molar-refractivity contribution in [3.63, 3.8) is 0 Å². The molecule has 3 heterocycles. The molecule has 3 rings (SSSR count). The maximum Gasteiger partial charge on any atom is 0.227 e. The van der Waals surface area contributed by atoms with Gasteiger partial charge in [-0.2, -0.15) is 11.3 Å². The minimum Gasteiger partial charge on any atom is -0.382 e. The average molecular weight is 390 g/mol. The molecule has 6 nitrogen and oxygen atoms in total. The Kier molecular flexibility index (Phi) is 7.32. The number of carbonyl (C=O) groups is 1. The number of ether oxygens (including phenoxy) is 2.